The molecule has 1 N–H and O–H groups in total. The number of amidine groups is 1. The molecule has 25 heavy (non-hydrogen) atoms. The molecule has 8 nitrogen and oxygen atoms in total. The fourth-order valence-electron chi connectivity index (χ4n) is 2.64. The molecule has 0 unspecified atom stereocenters. The average molecular weight is 366 g/mol. The smallest absolute Gasteiger partial charge is 0.347 e. The number of fused-ring (bicyclic) bond motifs is 1. The Morgan fingerprint density at radius 1 is 1.36 bits per heavy atom. The number of carbonyl (C=O) groups is 2. The monoisotopic (exact) mass is 366 g/mol. The highest BCUT2D eigenvalue weighted by Crippen LogP contribution is 2.24. The SMILES string of the molecule is CC(C)[C@H](N=C1NS(=O)(=O)c2ccccc21)C(=O)O[C@H]1CCOC1=O. The summed E-state index contributed by atoms with van der Waals surface area (Å²) in [6, 6.07) is 5.44. The number of sulfonamides is 1. The molecule has 0 aliphatic carbocycles. The minimum atomic E-state index is -3.69. The van der Waals surface area contributed by atoms with Crippen molar-refractivity contribution >= 4 is 27.8 Å². The molecule has 1 saturated heterocycles. The highest BCUT2D eigenvalue weighted by atomic mass is 32.2. The third-order valence-electron chi connectivity index (χ3n) is 3.95. The van der Waals surface area contributed by atoms with E-state index in [1.165, 1.54) is 6.07 Å². The van der Waals surface area contributed by atoms with Crippen molar-refractivity contribution in [2.45, 2.75) is 37.3 Å². The number of aliphatic imine (C=N–C) groups is 1. The van der Waals surface area contributed by atoms with Crippen molar-refractivity contribution in [2.24, 2.45) is 10.9 Å². The summed E-state index contributed by atoms with van der Waals surface area (Å²) < 4.78 is 36.6. The zero-order chi connectivity index (χ0) is 18.2. The normalized spacial score (nSPS) is 23.9. The van der Waals surface area contributed by atoms with Crippen molar-refractivity contribution in [3.63, 3.8) is 0 Å². The van der Waals surface area contributed by atoms with E-state index < -0.39 is 34.1 Å². The number of ether oxygens (including phenoxy) is 2. The van der Waals surface area contributed by atoms with Crippen molar-refractivity contribution in [2.75, 3.05) is 6.61 Å². The minimum Gasteiger partial charge on any atom is -0.463 e. The second kappa shape index (κ2) is 6.47. The summed E-state index contributed by atoms with van der Waals surface area (Å²) in [5, 5.41) is 0. The van der Waals surface area contributed by atoms with Gasteiger partial charge in [-0.05, 0) is 18.1 Å². The van der Waals surface area contributed by atoms with Crippen LogP contribution < -0.4 is 4.72 Å². The second-order valence-electron chi connectivity index (χ2n) is 6.15. The van der Waals surface area contributed by atoms with E-state index in [4.69, 9.17) is 9.47 Å². The lowest BCUT2D eigenvalue weighted by Crippen LogP contribution is -2.34. The van der Waals surface area contributed by atoms with Gasteiger partial charge in [-0.25, -0.2) is 18.0 Å². The van der Waals surface area contributed by atoms with Crippen molar-refractivity contribution in [1.29, 1.82) is 0 Å². The van der Waals surface area contributed by atoms with Crippen LogP contribution in [0.4, 0.5) is 0 Å². The van der Waals surface area contributed by atoms with Gasteiger partial charge in [0.1, 0.15) is 5.84 Å². The molecule has 1 fully saturated rings. The molecular weight excluding hydrogens is 348 g/mol. The second-order valence-corrected chi connectivity index (χ2v) is 7.80. The van der Waals surface area contributed by atoms with Gasteiger partial charge in [-0.1, -0.05) is 26.0 Å². The van der Waals surface area contributed by atoms with Gasteiger partial charge < -0.3 is 9.47 Å². The largest absolute Gasteiger partial charge is 0.463 e. The van der Waals surface area contributed by atoms with Gasteiger partial charge in [-0.15, -0.1) is 0 Å². The molecule has 0 bridgehead atoms. The molecule has 1 aromatic rings. The van der Waals surface area contributed by atoms with Crippen LogP contribution in [0.5, 0.6) is 0 Å². The van der Waals surface area contributed by atoms with E-state index in [2.05, 4.69) is 9.71 Å². The van der Waals surface area contributed by atoms with Gasteiger partial charge in [0.2, 0.25) is 6.10 Å². The van der Waals surface area contributed by atoms with E-state index >= 15 is 0 Å². The number of rotatable bonds is 4. The third kappa shape index (κ3) is 3.37. The number of hydrogen-bond acceptors (Lipinski definition) is 7. The molecule has 1 aromatic carbocycles. The van der Waals surface area contributed by atoms with Crippen LogP contribution in [0, 0.1) is 5.92 Å². The summed E-state index contributed by atoms with van der Waals surface area (Å²) in [5.41, 5.74) is 0.404. The molecule has 2 aliphatic heterocycles. The molecule has 0 radical (unpaired) electrons. The molecule has 9 heteroatoms. The highest BCUT2D eigenvalue weighted by molar-refractivity contribution is 7.90. The van der Waals surface area contributed by atoms with Crippen LogP contribution in [-0.4, -0.2) is 44.9 Å². The Balaban J connectivity index is 1.88. The van der Waals surface area contributed by atoms with Crippen molar-refractivity contribution in [1.82, 2.24) is 4.72 Å². The Labute approximate surface area is 145 Å². The third-order valence-corrected chi connectivity index (χ3v) is 5.35. The quantitative estimate of drug-likeness (QED) is 0.782. The molecule has 0 saturated carbocycles. The predicted molar refractivity (Wildman–Crippen MR) is 87.4 cm³/mol. The highest BCUT2D eigenvalue weighted by Gasteiger charge is 2.36. The van der Waals surface area contributed by atoms with Crippen molar-refractivity contribution < 1.29 is 27.5 Å². The molecule has 2 atom stereocenters. The maximum atomic E-state index is 12.4. The summed E-state index contributed by atoms with van der Waals surface area (Å²) in [7, 11) is -3.69. The van der Waals surface area contributed by atoms with Gasteiger partial charge in [-0.3, -0.25) is 9.71 Å². The van der Waals surface area contributed by atoms with E-state index in [0.29, 0.717) is 12.0 Å². The van der Waals surface area contributed by atoms with E-state index in [-0.39, 0.29) is 23.3 Å². The van der Waals surface area contributed by atoms with E-state index in [1.54, 1.807) is 32.0 Å². The van der Waals surface area contributed by atoms with Crippen LogP contribution in [0.3, 0.4) is 0 Å². The summed E-state index contributed by atoms with van der Waals surface area (Å²) >= 11 is 0. The van der Waals surface area contributed by atoms with Crippen molar-refractivity contribution in [3.05, 3.63) is 29.8 Å². The van der Waals surface area contributed by atoms with Crippen LogP contribution in [0.1, 0.15) is 25.8 Å². The molecule has 0 spiro atoms. The number of benzene rings is 1. The first-order chi connectivity index (χ1) is 11.8. The molecular formula is C16H18N2O6S. The lowest BCUT2D eigenvalue weighted by atomic mass is 10.0. The first-order valence-corrected chi connectivity index (χ1v) is 9.35. The predicted octanol–water partition coefficient (Wildman–Crippen LogP) is 0.608. The van der Waals surface area contributed by atoms with Gasteiger partial charge in [0.05, 0.1) is 11.5 Å². The Bertz CT molecular complexity index is 846. The minimum absolute atomic E-state index is 0.0975. The van der Waals surface area contributed by atoms with E-state index in [9.17, 15) is 18.0 Å². The van der Waals surface area contributed by atoms with Gasteiger partial charge in [0, 0.05) is 12.0 Å². The number of nitrogens with one attached hydrogen (secondary N) is 1. The first kappa shape index (κ1) is 17.4. The number of cyclic esters (lactones) is 1. The fourth-order valence-corrected chi connectivity index (χ4v) is 3.88. The first-order valence-electron chi connectivity index (χ1n) is 7.87. The van der Waals surface area contributed by atoms with Crippen LogP contribution in [0.15, 0.2) is 34.2 Å². The maximum Gasteiger partial charge on any atom is 0.347 e. The molecule has 0 amide bonds. The molecule has 134 valence electrons. The average Bonchev–Trinajstić information content (AvgIpc) is 3.06. The zero-order valence-corrected chi connectivity index (χ0v) is 14.6. The van der Waals surface area contributed by atoms with Crippen LogP contribution in [0.25, 0.3) is 0 Å². The Morgan fingerprint density at radius 3 is 2.72 bits per heavy atom. The Hall–Kier alpha value is -2.42. The summed E-state index contributed by atoms with van der Waals surface area (Å²) in [6.45, 7) is 3.74. The van der Waals surface area contributed by atoms with Crippen LogP contribution >= 0.6 is 0 Å². The Morgan fingerprint density at radius 2 is 2.08 bits per heavy atom. The molecule has 0 aromatic heterocycles. The number of carbonyl (C=O) groups excluding carboxylic acids is 2. The Kier molecular flexibility index (Phi) is 4.51. The maximum absolute atomic E-state index is 12.4. The van der Waals surface area contributed by atoms with Gasteiger partial charge in [-0.2, -0.15) is 0 Å². The summed E-state index contributed by atoms with van der Waals surface area (Å²) in [6.07, 6.45) is -0.622. The molecule has 3 rings (SSSR count). The van der Waals surface area contributed by atoms with Gasteiger partial charge >= 0.3 is 11.9 Å². The van der Waals surface area contributed by atoms with E-state index in [1.807, 2.05) is 0 Å². The lowest BCUT2D eigenvalue weighted by Gasteiger charge is -2.18. The van der Waals surface area contributed by atoms with Crippen molar-refractivity contribution in [3.8, 4) is 0 Å². The fraction of sp³-hybridized carbons (Fsp3) is 0.438. The number of nitrogens with zero attached hydrogens (tertiary/aromatic N) is 1. The van der Waals surface area contributed by atoms with Crippen LogP contribution in [0.2, 0.25) is 0 Å². The molecule has 2 heterocycles. The van der Waals surface area contributed by atoms with Crippen LogP contribution in [-0.2, 0) is 29.1 Å². The number of esters is 2. The molecule has 2 aliphatic rings. The summed E-state index contributed by atoms with van der Waals surface area (Å²) in [5.74, 6) is -1.42. The lowest BCUT2D eigenvalue weighted by molar-refractivity contribution is -0.161. The number of hydrogen-bond donors (Lipinski definition) is 1. The van der Waals surface area contributed by atoms with Gasteiger partial charge in [0.15, 0.2) is 6.04 Å². The van der Waals surface area contributed by atoms with E-state index in [0.717, 1.165) is 0 Å². The zero-order valence-electron chi connectivity index (χ0n) is 13.8. The summed E-state index contributed by atoms with van der Waals surface area (Å²) in [4.78, 5) is 28.3. The van der Waals surface area contributed by atoms with Gasteiger partial charge in [0.25, 0.3) is 10.0 Å². The standard InChI is InChI=1S/C16H18N2O6S/c1-9(2)13(16(20)24-11-7-8-23-15(11)19)17-14-10-5-3-4-6-12(10)25(21,22)18-14/h3-6,9,11,13H,7-8H2,1-2H3,(H,17,18)/t11-,13-/m0/s1. The topological polar surface area (TPSA) is 111 Å².